The van der Waals surface area contributed by atoms with Gasteiger partial charge in [0.25, 0.3) is 0 Å². The van der Waals surface area contributed by atoms with E-state index >= 15 is 0 Å². The van der Waals surface area contributed by atoms with E-state index in [9.17, 15) is 22.0 Å². The molecule has 0 amide bonds. The molecule has 1 aromatic rings. The maximum absolute atomic E-state index is 13.2. The van der Waals surface area contributed by atoms with E-state index in [2.05, 4.69) is 4.72 Å². The maximum atomic E-state index is 13.2. The van der Waals surface area contributed by atoms with Gasteiger partial charge in [0.15, 0.2) is 11.6 Å². The van der Waals surface area contributed by atoms with E-state index in [1.165, 1.54) is 0 Å². The lowest BCUT2D eigenvalue weighted by molar-refractivity contribution is -0.138. The first-order valence-electron chi connectivity index (χ1n) is 6.45. The van der Waals surface area contributed by atoms with E-state index in [0.29, 0.717) is 31.7 Å². The third-order valence-corrected chi connectivity index (χ3v) is 5.18. The SMILES string of the molecule is O=C(O)CC1(NS(=O)(=O)c2ccc(F)c(F)c2)CCCC1. The summed E-state index contributed by atoms with van der Waals surface area (Å²) in [6.07, 6.45) is 1.90. The molecule has 1 aliphatic carbocycles. The van der Waals surface area contributed by atoms with Crippen molar-refractivity contribution in [3.63, 3.8) is 0 Å². The van der Waals surface area contributed by atoms with Gasteiger partial charge in [-0.25, -0.2) is 21.9 Å². The first kappa shape index (κ1) is 15.8. The van der Waals surface area contributed by atoms with Crippen LogP contribution in [0.4, 0.5) is 8.78 Å². The summed E-state index contributed by atoms with van der Waals surface area (Å²) in [5, 5.41) is 8.94. The zero-order valence-electron chi connectivity index (χ0n) is 11.1. The highest BCUT2D eigenvalue weighted by molar-refractivity contribution is 7.89. The van der Waals surface area contributed by atoms with Crippen molar-refractivity contribution in [2.75, 3.05) is 0 Å². The Balaban J connectivity index is 2.30. The van der Waals surface area contributed by atoms with Gasteiger partial charge in [-0.05, 0) is 31.0 Å². The van der Waals surface area contributed by atoms with Crippen LogP contribution in [0.3, 0.4) is 0 Å². The highest BCUT2D eigenvalue weighted by Crippen LogP contribution is 2.34. The van der Waals surface area contributed by atoms with Crippen molar-refractivity contribution < 1.29 is 27.1 Å². The second-order valence-electron chi connectivity index (χ2n) is 5.24. The van der Waals surface area contributed by atoms with Gasteiger partial charge in [0.05, 0.1) is 11.3 Å². The van der Waals surface area contributed by atoms with Gasteiger partial charge in [0.2, 0.25) is 10.0 Å². The minimum Gasteiger partial charge on any atom is -0.481 e. The number of carboxylic acids is 1. The van der Waals surface area contributed by atoms with Crippen LogP contribution in [-0.2, 0) is 14.8 Å². The molecule has 0 heterocycles. The summed E-state index contributed by atoms with van der Waals surface area (Å²) in [5.74, 6) is -3.52. The number of aliphatic carboxylic acids is 1. The lowest BCUT2D eigenvalue weighted by Gasteiger charge is -2.28. The molecule has 0 bridgehead atoms. The molecule has 0 unspecified atom stereocenters. The number of carboxylic acid groups (broad SMARTS) is 1. The number of carbonyl (C=O) groups is 1. The number of benzene rings is 1. The minimum atomic E-state index is -4.11. The van der Waals surface area contributed by atoms with Gasteiger partial charge >= 0.3 is 5.97 Å². The van der Waals surface area contributed by atoms with E-state index in [-0.39, 0.29) is 6.42 Å². The number of hydrogen-bond acceptors (Lipinski definition) is 3. The lowest BCUT2D eigenvalue weighted by atomic mass is 9.95. The van der Waals surface area contributed by atoms with E-state index in [1.807, 2.05) is 0 Å². The molecular formula is C13H15F2NO4S. The van der Waals surface area contributed by atoms with Crippen LogP contribution in [0.1, 0.15) is 32.1 Å². The fourth-order valence-electron chi connectivity index (χ4n) is 2.64. The first-order valence-corrected chi connectivity index (χ1v) is 7.93. The van der Waals surface area contributed by atoms with Crippen LogP contribution in [0.15, 0.2) is 23.1 Å². The highest BCUT2D eigenvalue weighted by Gasteiger charge is 2.40. The molecule has 0 radical (unpaired) electrons. The van der Waals surface area contributed by atoms with E-state index in [1.54, 1.807) is 0 Å². The number of hydrogen-bond donors (Lipinski definition) is 2. The number of halogens is 2. The van der Waals surface area contributed by atoms with E-state index in [4.69, 9.17) is 5.11 Å². The smallest absolute Gasteiger partial charge is 0.305 e. The molecular weight excluding hydrogens is 304 g/mol. The molecule has 0 spiro atoms. The van der Waals surface area contributed by atoms with Crippen LogP contribution in [0.2, 0.25) is 0 Å². The molecule has 0 aliphatic heterocycles. The van der Waals surface area contributed by atoms with Crippen molar-refractivity contribution in [2.24, 2.45) is 0 Å². The molecule has 0 atom stereocenters. The third kappa shape index (κ3) is 3.56. The molecule has 21 heavy (non-hydrogen) atoms. The average molecular weight is 319 g/mol. The Kier molecular flexibility index (Phi) is 4.29. The molecule has 1 aromatic carbocycles. The van der Waals surface area contributed by atoms with Gasteiger partial charge in [0, 0.05) is 5.54 Å². The standard InChI is InChI=1S/C13H15F2NO4S/c14-10-4-3-9(7-11(10)15)21(19,20)16-13(8-12(17)18)5-1-2-6-13/h3-4,7,16H,1-2,5-6,8H2,(H,17,18). The summed E-state index contributed by atoms with van der Waals surface area (Å²) >= 11 is 0. The monoisotopic (exact) mass is 319 g/mol. The van der Waals surface area contributed by atoms with Crippen molar-refractivity contribution in [3.8, 4) is 0 Å². The summed E-state index contributed by atoms with van der Waals surface area (Å²) in [7, 11) is -4.11. The molecule has 2 N–H and O–H groups in total. The Labute approximate surface area is 121 Å². The molecule has 5 nitrogen and oxygen atoms in total. The Hall–Kier alpha value is -1.54. The average Bonchev–Trinajstić information content (AvgIpc) is 2.78. The van der Waals surface area contributed by atoms with Crippen LogP contribution in [-0.4, -0.2) is 25.0 Å². The largest absolute Gasteiger partial charge is 0.481 e. The molecule has 2 rings (SSSR count). The van der Waals surface area contributed by atoms with Gasteiger partial charge in [-0.15, -0.1) is 0 Å². The van der Waals surface area contributed by atoms with E-state index < -0.39 is 38.1 Å². The normalized spacial score (nSPS) is 17.8. The number of nitrogens with one attached hydrogen (secondary N) is 1. The van der Waals surface area contributed by atoms with Crippen LogP contribution in [0.5, 0.6) is 0 Å². The summed E-state index contributed by atoms with van der Waals surface area (Å²) in [4.78, 5) is 10.5. The Morgan fingerprint density at radius 1 is 1.24 bits per heavy atom. The van der Waals surface area contributed by atoms with Gasteiger partial charge < -0.3 is 5.11 Å². The summed E-state index contributed by atoms with van der Waals surface area (Å²) < 4.78 is 52.9. The van der Waals surface area contributed by atoms with Crippen LogP contribution in [0, 0.1) is 11.6 Å². The van der Waals surface area contributed by atoms with Gasteiger partial charge in [0.1, 0.15) is 0 Å². The second kappa shape index (κ2) is 5.69. The van der Waals surface area contributed by atoms with Gasteiger partial charge in [-0.3, -0.25) is 4.79 Å². The molecule has 1 fully saturated rings. The molecule has 0 aromatic heterocycles. The van der Waals surface area contributed by atoms with Crippen molar-refractivity contribution in [1.82, 2.24) is 4.72 Å². The molecule has 116 valence electrons. The number of sulfonamides is 1. The molecule has 0 saturated heterocycles. The zero-order valence-corrected chi connectivity index (χ0v) is 11.9. The van der Waals surface area contributed by atoms with Crippen molar-refractivity contribution in [1.29, 1.82) is 0 Å². The fourth-order valence-corrected chi connectivity index (χ4v) is 4.11. The number of rotatable bonds is 5. The fraction of sp³-hybridized carbons (Fsp3) is 0.462. The second-order valence-corrected chi connectivity index (χ2v) is 6.92. The van der Waals surface area contributed by atoms with Crippen molar-refractivity contribution in [2.45, 2.75) is 42.5 Å². The maximum Gasteiger partial charge on any atom is 0.305 e. The van der Waals surface area contributed by atoms with Gasteiger partial charge in [-0.2, -0.15) is 0 Å². The predicted molar refractivity (Wildman–Crippen MR) is 70.1 cm³/mol. The van der Waals surface area contributed by atoms with Crippen LogP contribution < -0.4 is 4.72 Å². The quantitative estimate of drug-likeness (QED) is 0.870. The van der Waals surface area contributed by atoms with Gasteiger partial charge in [-0.1, -0.05) is 12.8 Å². The van der Waals surface area contributed by atoms with Crippen LogP contribution >= 0.6 is 0 Å². The Morgan fingerprint density at radius 3 is 2.38 bits per heavy atom. The summed E-state index contributed by atoms with van der Waals surface area (Å²) in [6.45, 7) is 0. The third-order valence-electron chi connectivity index (χ3n) is 3.60. The predicted octanol–water partition coefficient (Wildman–Crippen LogP) is 2.03. The molecule has 1 saturated carbocycles. The summed E-state index contributed by atoms with van der Waals surface area (Å²) in [6, 6.07) is 2.26. The Morgan fingerprint density at radius 2 is 1.86 bits per heavy atom. The minimum absolute atomic E-state index is 0.337. The zero-order chi connectivity index (χ0) is 15.7. The van der Waals surface area contributed by atoms with Crippen molar-refractivity contribution in [3.05, 3.63) is 29.8 Å². The Bertz CT molecular complexity index is 654. The molecule has 8 heteroatoms. The first-order chi connectivity index (χ1) is 9.74. The van der Waals surface area contributed by atoms with E-state index in [0.717, 1.165) is 12.1 Å². The lowest BCUT2D eigenvalue weighted by Crippen LogP contribution is -2.47. The highest BCUT2D eigenvalue weighted by atomic mass is 32.2. The van der Waals surface area contributed by atoms with Crippen LogP contribution in [0.25, 0.3) is 0 Å². The topological polar surface area (TPSA) is 83.5 Å². The summed E-state index contributed by atoms with van der Waals surface area (Å²) in [5.41, 5.74) is -1.06. The molecule has 1 aliphatic rings. The van der Waals surface area contributed by atoms with Crippen molar-refractivity contribution >= 4 is 16.0 Å².